The lowest BCUT2D eigenvalue weighted by molar-refractivity contribution is 0.579. The molecule has 0 radical (unpaired) electrons. The van der Waals surface area contributed by atoms with E-state index in [4.69, 9.17) is 5.73 Å². The van der Waals surface area contributed by atoms with E-state index in [1.807, 2.05) is 12.1 Å². The Morgan fingerprint density at radius 1 is 1.19 bits per heavy atom. The van der Waals surface area contributed by atoms with E-state index >= 15 is 0 Å². The van der Waals surface area contributed by atoms with Gasteiger partial charge in [-0.2, -0.15) is 0 Å². The lowest BCUT2D eigenvalue weighted by Crippen LogP contribution is -2.29. The Morgan fingerprint density at radius 2 is 1.90 bits per heavy atom. The molecule has 120 valence electrons. The molecule has 21 heavy (non-hydrogen) atoms. The second kappa shape index (κ2) is 8.02. The third-order valence-corrected chi connectivity index (χ3v) is 6.16. The van der Waals surface area contributed by atoms with Gasteiger partial charge in [0.2, 0.25) is 10.0 Å². The Bertz CT molecular complexity index is 657. The number of hydrogen-bond acceptors (Lipinski definition) is 6. The van der Waals surface area contributed by atoms with E-state index in [9.17, 15) is 16.8 Å². The van der Waals surface area contributed by atoms with Crippen molar-refractivity contribution in [3.8, 4) is 0 Å². The Morgan fingerprint density at radius 3 is 2.52 bits per heavy atom. The molecule has 0 saturated carbocycles. The Hall–Kier alpha value is -0.770. The molecule has 0 heterocycles. The second-order valence-electron chi connectivity index (χ2n) is 4.62. The normalized spacial score (nSPS) is 12.4. The highest BCUT2D eigenvalue weighted by atomic mass is 32.2. The van der Waals surface area contributed by atoms with Crippen molar-refractivity contribution in [3.63, 3.8) is 0 Å². The molecular weight excluding hydrogens is 332 g/mol. The van der Waals surface area contributed by atoms with Crippen LogP contribution in [0.25, 0.3) is 0 Å². The van der Waals surface area contributed by atoms with Crippen LogP contribution in [0.3, 0.4) is 0 Å². The van der Waals surface area contributed by atoms with E-state index in [0.29, 0.717) is 11.4 Å². The molecule has 6 nitrogen and oxygen atoms in total. The van der Waals surface area contributed by atoms with Gasteiger partial charge >= 0.3 is 0 Å². The van der Waals surface area contributed by atoms with E-state index in [1.54, 1.807) is 12.1 Å². The van der Waals surface area contributed by atoms with Crippen LogP contribution in [0, 0.1) is 0 Å². The van der Waals surface area contributed by atoms with Gasteiger partial charge in [-0.25, -0.2) is 21.6 Å². The van der Waals surface area contributed by atoms with Crippen molar-refractivity contribution in [3.05, 3.63) is 24.3 Å². The van der Waals surface area contributed by atoms with Crippen LogP contribution < -0.4 is 10.5 Å². The average molecular weight is 353 g/mol. The summed E-state index contributed by atoms with van der Waals surface area (Å²) in [7, 11) is -6.43. The molecule has 9 heteroatoms. The number of sulfonamides is 1. The number of nitrogens with two attached hydrogens (primary N) is 1. The number of thioether (sulfide) groups is 1. The molecule has 0 atom stereocenters. The zero-order valence-electron chi connectivity index (χ0n) is 11.8. The highest BCUT2D eigenvalue weighted by Crippen LogP contribution is 2.20. The molecule has 1 rings (SSSR count). The minimum Gasteiger partial charge on any atom is -0.399 e. The summed E-state index contributed by atoms with van der Waals surface area (Å²) in [4.78, 5) is 0.919. The maximum absolute atomic E-state index is 11.7. The smallest absolute Gasteiger partial charge is 0.212 e. The van der Waals surface area contributed by atoms with Crippen molar-refractivity contribution < 1.29 is 16.8 Å². The fourth-order valence-electron chi connectivity index (χ4n) is 1.51. The predicted octanol–water partition coefficient (Wildman–Crippen LogP) is 0.715. The van der Waals surface area contributed by atoms with Crippen molar-refractivity contribution in [1.82, 2.24) is 4.72 Å². The first-order valence-electron chi connectivity index (χ1n) is 6.31. The van der Waals surface area contributed by atoms with Gasteiger partial charge in [-0.15, -0.1) is 11.8 Å². The summed E-state index contributed by atoms with van der Waals surface area (Å²) in [6.07, 6.45) is 1.41. The number of hydrogen-bond donors (Lipinski definition) is 2. The van der Waals surface area contributed by atoms with Crippen molar-refractivity contribution in [2.45, 2.75) is 11.3 Å². The molecule has 0 aromatic heterocycles. The molecule has 0 aliphatic rings. The van der Waals surface area contributed by atoms with E-state index in [0.717, 1.165) is 11.2 Å². The zero-order valence-corrected chi connectivity index (χ0v) is 14.2. The molecular formula is C12H20N2O4S3. The van der Waals surface area contributed by atoms with E-state index in [-0.39, 0.29) is 24.5 Å². The molecule has 0 saturated heterocycles. The zero-order chi connectivity index (χ0) is 15.9. The predicted molar refractivity (Wildman–Crippen MR) is 87.7 cm³/mol. The van der Waals surface area contributed by atoms with Crippen LogP contribution in [0.15, 0.2) is 29.2 Å². The monoisotopic (exact) mass is 352 g/mol. The van der Waals surface area contributed by atoms with Gasteiger partial charge in [0.05, 0.1) is 11.5 Å². The Labute approximate surface area is 130 Å². The maximum Gasteiger partial charge on any atom is 0.212 e. The van der Waals surface area contributed by atoms with Gasteiger partial charge in [0.1, 0.15) is 9.84 Å². The molecule has 0 amide bonds. The highest BCUT2D eigenvalue weighted by molar-refractivity contribution is 8.00. The fourth-order valence-corrected chi connectivity index (χ4v) is 4.62. The van der Waals surface area contributed by atoms with Gasteiger partial charge in [0.15, 0.2) is 0 Å². The van der Waals surface area contributed by atoms with Crippen molar-refractivity contribution >= 4 is 37.3 Å². The van der Waals surface area contributed by atoms with Crippen LogP contribution in [-0.4, -0.2) is 46.9 Å². The topological polar surface area (TPSA) is 106 Å². The quantitative estimate of drug-likeness (QED) is 0.385. The number of nitrogens with one attached hydrogen (secondary N) is 1. The first kappa shape index (κ1) is 18.3. The average Bonchev–Trinajstić information content (AvgIpc) is 2.33. The van der Waals surface area contributed by atoms with Gasteiger partial charge < -0.3 is 5.73 Å². The van der Waals surface area contributed by atoms with Crippen LogP contribution in [0.2, 0.25) is 0 Å². The van der Waals surface area contributed by atoms with Crippen LogP contribution >= 0.6 is 11.8 Å². The maximum atomic E-state index is 11.7. The molecule has 0 fully saturated rings. The van der Waals surface area contributed by atoms with Gasteiger partial charge in [0.25, 0.3) is 0 Å². The minimum absolute atomic E-state index is 0.0203. The van der Waals surface area contributed by atoms with Crippen LogP contribution in [0.1, 0.15) is 6.42 Å². The molecule has 0 bridgehead atoms. The number of nitrogen functional groups attached to an aromatic ring is 1. The van der Waals surface area contributed by atoms with Crippen LogP contribution in [-0.2, 0) is 19.9 Å². The lowest BCUT2D eigenvalue weighted by atomic mass is 10.3. The molecule has 0 aliphatic carbocycles. The molecule has 0 aliphatic heterocycles. The Balaban J connectivity index is 2.30. The number of anilines is 1. The standard InChI is InChI=1S/C12H20N2O4S3/c1-20(15,16)8-3-6-14-21(17,18)9-7-19-12-5-2-4-11(13)10-12/h2,4-5,10,14H,3,6-9,13H2,1H3. The van der Waals surface area contributed by atoms with Gasteiger partial charge in [-0.3, -0.25) is 0 Å². The summed E-state index contributed by atoms with van der Waals surface area (Å²) in [6, 6.07) is 7.24. The van der Waals surface area contributed by atoms with Crippen molar-refractivity contribution in [2.75, 3.05) is 35.8 Å². The third kappa shape index (κ3) is 8.97. The molecule has 1 aromatic rings. The molecule has 0 spiro atoms. The molecule has 1 aromatic carbocycles. The SMILES string of the molecule is CS(=O)(=O)CCCNS(=O)(=O)CCSc1cccc(N)c1. The lowest BCUT2D eigenvalue weighted by Gasteiger charge is -2.06. The number of benzene rings is 1. The largest absolute Gasteiger partial charge is 0.399 e. The first-order chi connectivity index (χ1) is 9.68. The van der Waals surface area contributed by atoms with Crippen LogP contribution in [0.4, 0.5) is 5.69 Å². The third-order valence-electron chi connectivity index (χ3n) is 2.49. The fraction of sp³-hybridized carbons (Fsp3) is 0.500. The summed E-state index contributed by atoms with van der Waals surface area (Å²) in [6.45, 7) is 0.137. The number of sulfone groups is 1. The number of rotatable bonds is 9. The molecule has 0 unspecified atom stereocenters. The van der Waals surface area contributed by atoms with E-state index in [1.165, 1.54) is 11.8 Å². The molecule has 3 N–H and O–H groups in total. The minimum atomic E-state index is -3.38. The second-order valence-corrected chi connectivity index (χ2v) is 9.97. The Kier molecular flexibility index (Phi) is 6.98. The van der Waals surface area contributed by atoms with Gasteiger partial charge in [-0.1, -0.05) is 6.07 Å². The van der Waals surface area contributed by atoms with Gasteiger partial charge in [0, 0.05) is 29.1 Å². The van der Waals surface area contributed by atoms with E-state index in [2.05, 4.69) is 4.72 Å². The highest BCUT2D eigenvalue weighted by Gasteiger charge is 2.10. The summed E-state index contributed by atoms with van der Waals surface area (Å²) in [5.41, 5.74) is 6.28. The van der Waals surface area contributed by atoms with E-state index < -0.39 is 19.9 Å². The summed E-state index contributed by atoms with van der Waals surface area (Å²) < 4.78 is 47.7. The van der Waals surface area contributed by atoms with Crippen molar-refractivity contribution in [2.24, 2.45) is 0 Å². The first-order valence-corrected chi connectivity index (χ1v) is 11.0. The van der Waals surface area contributed by atoms with Gasteiger partial charge in [-0.05, 0) is 24.6 Å². The summed E-state index contributed by atoms with van der Waals surface area (Å²) in [5.74, 6) is 0.365. The summed E-state index contributed by atoms with van der Waals surface area (Å²) in [5, 5.41) is 0. The van der Waals surface area contributed by atoms with Crippen molar-refractivity contribution in [1.29, 1.82) is 0 Å². The summed E-state index contributed by atoms with van der Waals surface area (Å²) >= 11 is 1.41. The van der Waals surface area contributed by atoms with Crippen LogP contribution in [0.5, 0.6) is 0 Å².